The number of hydrogen-bond donors (Lipinski definition) is 1. The average Bonchev–Trinajstić information content (AvgIpc) is 2.79. The van der Waals surface area contributed by atoms with Crippen LogP contribution in [0.25, 0.3) is 0 Å². The maximum Gasteiger partial charge on any atom is 0.0771 e. The molecule has 0 aliphatic carbocycles. The number of thiophene rings is 1. The molecule has 0 saturated heterocycles. The number of aliphatic hydroxyl groups excluding tert-OH is 1. The van der Waals surface area contributed by atoms with Gasteiger partial charge < -0.3 is 5.11 Å². The summed E-state index contributed by atoms with van der Waals surface area (Å²) in [5.74, 6) is 6.05. The smallest absolute Gasteiger partial charge is 0.0771 e. The van der Waals surface area contributed by atoms with Crippen LogP contribution in [-0.4, -0.2) is 29.7 Å². The van der Waals surface area contributed by atoms with Gasteiger partial charge in [0.1, 0.15) is 0 Å². The number of hydrogen-bond acceptors (Lipinski definition) is 3. The van der Waals surface area contributed by atoms with Crippen LogP contribution >= 0.6 is 11.3 Å². The standard InChI is InChI=1S/C15H23NOS/c1-4-13(5-2)16(3)12-15-10-9-14(18-15)8-6-7-11-17/h9-10,13,17H,4-5,7,11-12H2,1-3H3. The van der Waals surface area contributed by atoms with Crippen molar-refractivity contribution in [2.45, 2.75) is 45.7 Å². The predicted octanol–water partition coefficient (Wildman–Crippen LogP) is 3.10. The third-order valence-corrected chi connectivity index (χ3v) is 4.07. The summed E-state index contributed by atoms with van der Waals surface area (Å²) in [7, 11) is 2.19. The molecule has 100 valence electrons. The van der Waals surface area contributed by atoms with Gasteiger partial charge in [-0.25, -0.2) is 0 Å². The van der Waals surface area contributed by atoms with Crippen LogP contribution in [0.1, 0.15) is 42.9 Å². The van der Waals surface area contributed by atoms with Crippen LogP contribution in [0.15, 0.2) is 12.1 Å². The molecule has 0 amide bonds. The van der Waals surface area contributed by atoms with E-state index in [0.29, 0.717) is 12.5 Å². The lowest BCUT2D eigenvalue weighted by atomic mass is 10.1. The van der Waals surface area contributed by atoms with Crippen LogP contribution in [0.4, 0.5) is 0 Å². The van der Waals surface area contributed by atoms with E-state index in [0.717, 1.165) is 11.4 Å². The molecule has 0 aromatic carbocycles. The Morgan fingerprint density at radius 3 is 2.67 bits per heavy atom. The molecule has 0 fully saturated rings. The van der Waals surface area contributed by atoms with E-state index in [9.17, 15) is 0 Å². The van der Waals surface area contributed by atoms with Crippen molar-refractivity contribution in [2.75, 3.05) is 13.7 Å². The summed E-state index contributed by atoms with van der Waals surface area (Å²) in [5.41, 5.74) is 0. The van der Waals surface area contributed by atoms with Gasteiger partial charge in [-0.05, 0) is 32.0 Å². The molecular weight excluding hydrogens is 242 g/mol. The molecule has 0 spiro atoms. The van der Waals surface area contributed by atoms with E-state index < -0.39 is 0 Å². The summed E-state index contributed by atoms with van der Waals surface area (Å²) in [6.07, 6.45) is 2.95. The van der Waals surface area contributed by atoms with Gasteiger partial charge in [0, 0.05) is 23.9 Å². The Hall–Kier alpha value is -0.820. The first-order valence-corrected chi connectivity index (χ1v) is 7.41. The minimum atomic E-state index is 0.142. The zero-order valence-corrected chi connectivity index (χ0v) is 12.4. The van der Waals surface area contributed by atoms with Crippen LogP contribution in [0.3, 0.4) is 0 Å². The van der Waals surface area contributed by atoms with Gasteiger partial charge in [-0.2, -0.15) is 0 Å². The molecule has 1 N–H and O–H groups in total. The lowest BCUT2D eigenvalue weighted by molar-refractivity contribution is 0.223. The lowest BCUT2D eigenvalue weighted by Crippen LogP contribution is -2.29. The van der Waals surface area contributed by atoms with Crippen molar-refractivity contribution in [3.8, 4) is 11.8 Å². The Kier molecular flexibility index (Phi) is 7.04. The molecule has 0 bridgehead atoms. The summed E-state index contributed by atoms with van der Waals surface area (Å²) < 4.78 is 0. The molecule has 0 radical (unpaired) electrons. The average molecular weight is 265 g/mol. The van der Waals surface area contributed by atoms with Gasteiger partial charge >= 0.3 is 0 Å². The molecule has 0 unspecified atom stereocenters. The van der Waals surface area contributed by atoms with E-state index >= 15 is 0 Å². The Morgan fingerprint density at radius 2 is 2.06 bits per heavy atom. The SMILES string of the molecule is CCC(CC)N(C)Cc1ccc(C#CCCO)s1. The first kappa shape index (κ1) is 15.2. The lowest BCUT2D eigenvalue weighted by Gasteiger charge is -2.25. The minimum Gasteiger partial charge on any atom is -0.395 e. The first-order valence-electron chi connectivity index (χ1n) is 6.59. The second-order valence-electron chi connectivity index (χ2n) is 4.43. The van der Waals surface area contributed by atoms with Crippen molar-refractivity contribution in [3.05, 3.63) is 21.9 Å². The van der Waals surface area contributed by atoms with E-state index in [1.165, 1.54) is 17.7 Å². The van der Waals surface area contributed by atoms with E-state index in [2.05, 4.69) is 49.8 Å². The highest BCUT2D eigenvalue weighted by Gasteiger charge is 2.11. The highest BCUT2D eigenvalue weighted by atomic mass is 32.1. The summed E-state index contributed by atoms with van der Waals surface area (Å²) in [6.45, 7) is 5.62. The van der Waals surface area contributed by atoms with E-state index in [1.54, 1.807) is 11.3 Å². The van der Waals surface area contributed by atoms with Crippen LogP contribution in [0, 0.1) is 11.8 Å². The fourth-order valence-electron chi connectivity index (χ4n) is 2.02. The molecule has 1 aromatic rings. The highest BCUT2D eigenvalue weighted by molar-refractivity contribution is 7.12. The third-order valence-electron chi connectivity index (χ3n) is 3.08. The van der Waals surface area contributed by atoms with Crippen molar-refractivity contribution < 1.29 is 5.11 Å². The van der Waals surface area contributed by atoms with Crippen molar-refractivity contribution in [2.24, 2.45) is 0 Å². The van der Waals surface area contributed by atoms with Gasteiger partial charge in [-0.1, -0.05) is 25.7 Å². The van der Waals surface area contributed by atoms with E-state index in [-0.39, 0.29) is 6.61 Å². The zero-order valence-electron chi connectivity index (χ0n) is 11.6. The monoisotopic (exact) mass is 265 g/mol. The fraction of sp³-hybridized carbons (Fsp3) is 0.600. The Balaban J connectivity index is 2.56. The Labute approximate surface area is 115 Å². The maximum atomic E-state index is 8.68. The normalized spacial score (nSPS) is 10.8. The molecule has 1 aromatic heterocycles. The Morgan fingerprint density at radius 1 is 1.33 bits per heavy atom. The van der Waals surface area contributed by atoms with Gasteiger partial charge in [0.2, 0.25) is 0 Å². The molecule has 1 heterocycles. The largest absolute Gasteiger partial charge is 0.395 e. The van der Waals surface area contributed by atoms with Gasteiger partial charge in [0.15, 0.2) is 0 Å². The van der Waals surface area contributed by atoms with E-state index in [4.69, 9.17) is 5.11 Å². The fourth-order valence-corrected chi connectivity index (χ4v) is 2.97. The van der Waals surface area contributed by atoms with Crippen molar-refractivity contribution >= 4 is 11.3 Å². The summed E-state index contributed by atoms with van der Waals surface area (Å²) >= 11 is 1.75. The van der Waals surface area contributed by atoms with Crippen molar-refractivity contribution in [1.29, 1.82) is 0 Å². The summed E-state index contributed by atoms with van der Waals surface area (Å²) in [5, 5.41) is 8.68. The predicted molar refractivity (Wildman–Crippen MR) is 78.7 cm³/mol. The zero-order chi connectivity index (χ0) is 13.4. The molecule has 0 saturated carbocycles. The van der Waals surface area contributed by atoms with Gasteiger partial charge in [0.25, 0.3) is 0 Å². The molecule has 0 aliphatic rings. The molecule has 18 heavy (non-hydrogen) atoms. The van der Waals surface area contributed by atoms with E-state index in [1.807, 2.05) is 0 Å². The molecular formula is C15H23NOS. The number of nitrogens with zero attached hydrogens (tertiary/aromatic N) is 1. The number of aliphatic hydroxyl groups is 1. The van der Waals surface area contributed by atoms with Crippen LogP contribution < -0.4 is 0 Å². The van der Waals surface area contributed by atoms with Crippen LogP contribution in [0.5, 0.6) is 0 Å². The summed E-state index contributed by atoms with van der Waals surface area (Å²) in [4.78, 5) is 4.87. The quantitative estimate of drug-likeness (QED) is 0.799. The highest BCUT2D eigenvalue weighted by Crippen LogP contribution is 2.19. The van der Waals surface area contributed by atoms with Gasteiger partial charge in [-0.3, -0.25) is 4.90 Å². The second-order valence-corrected chi connectivity index (χ2v) is 5.60. The van der Waals surface area contributed by atoms with Crippen LogP contribution in [-0.2, 0) is 6.54 Å². The third kappa shape index (κ3) is 4.81. The second kappa shape index (κ2) is 8.31. The molecule has 0 atom stereocenters. The van der Waals surface area contributed by atoms with Gasteiger partial charge in [-0.15, -0.1) is 11.3 Å². The summed E-state index contributed by atoms with van der Waals surface area (Å²) in [6, 6.07) is 4.90. The molecule has 2 nitrogen and oxygen atoms in total. The van der Waals surface area contributed by atoms with Crippen molar-refractivity contribution in [3.63, 3.8) is 0 Å². The van der Waals surface area contributed by atoms with Gasteiger partial charge in [0.05, 0.1) is 11.5 Å². The number of rotatable bonds is 6. The van der Waals surface area contributed by atoms with Crippen molar-refractivity contribution in [1.82, 2.24) is 4.90 Å². The molecule has 0 aliphatic heterocycles. The Bertz CT molecular complexity index is 398. The topological polar surface area (TPSA) is 23.5 Å². The molecule has 3 heteroatoms. The molecule has 1 rings (SSSR count). The first-order chi connectivity index (χ1) is 8.71. The van der Waals surface area contributed by atoms with Crippen LogP contribution in [0.2, 0.25) is 0 Å². The maximum absolute atomic E-state index is 8.68. The minimum absolute atomic E-state index is 0.142.